The third kappa shape index (κ3) is 4.10. The number of benzene rings is 1. The molecule has 106 valence electrons. The second-order valence-electron chi connectivity index (χ2n) is 4.71. The summed E-state index contributed by atoms with van der Waals surface area (Å²) in [5, 5.41) is 0.726. The van der Waals surface area contributed by atoms with Crippen LogP contribution in [0, 0.1) is 0 Å². The Morgan fingerprint density at radius 2 is 1.95 bits per heavy atom. The summed E-state index contributed by atoms with van der Waals surface area (Å²) in [5.74, 6) is 0.0388. The summed E-state index contributed by atoms with van der Waals surface area (Å²) < 4.78 is 0. The van der Waals surface area contributed by atoms with E-state index in [1.165, 1.54) is 6.42 Å². The Balaban J connectivity index is 0.00000180. The molecule has 0 saturated carbocycles. The van der Waals surface area contributed by atoms with Gasteiger partial charge in [-0.05, 0) is 30.5 Å². The zero-order valence-corrected chi connectivity index (χ0v) is 12.4. The summed E-state index contributed by atoms with van der Waals surface area (Å²) in [5.41, 5.74) is 6.66. The number of likely N-dealkylation sites (tertiary alicyclic amines) is 1. The minimum Gasteiger partial charge on any atom is -0.335 e. The van der Waals surface area contributed by atoms with Crippen LogP contribution in [0.15, 0.2) is 24.3 Å². The number of carbonyl (C=O) groups is 1. The molecule has 0 spiro atoms. The molecule has 3 nitrogen and oxygen atoms in total. The van der Waals surface area contributed by atoms with Gasteiger partial charge in [0.1, 0.15) is 0 Å². The maximum atomic E-state index is 11.9. The van der Waals surface area contributed by atoms with Crippen LogP contribution in [0.3, 0.4) is 0 Å². The second-order valence-corrected chi connectivity index (χ2v) is 5.14. The van der Waals surface area contributed by atoms with Crippen LogP contribution in [0.1, 0.15) is 37.3 Å². The Labute approximate surface area is 125 Å². The van der Waals surface area contributed by atoms with E-state index in [1.807, 2.05) is 29.2 Å². The highest BCUT2D eigenvalue weighted by molar-refractivity contribution is 6.30. The van der Waals surface area contributed by atoms with Gasteiger partial charge in [0.2, 0.25) is 5.91 Å². The quantitative estimate of drug-likeness (QED) is 0.912. The van der Waals surface area contributed by atoms with Crippen LogP contribution in [0.2, 0.25) is 5.02 Å². The number of hydrogen-bond donors (Lipinski definition) is 1. The first-order valence-electron chi connectivity index (χ1n) is 6.47. The van der Waals surface area contributed by atoms with Gasteiger partial charge in [-0.3, -0.25) is 4.79 Å². The maximum Gasteiger partial charge on any atom is 0.236 e. The molecule has 19 heavy (non-hydrogen) atoms. The third-order valence-corrected chi connectivity index (χ3v) is 3.75. The van der Waals surface area contributed by atoms with Crippen molar-refractivity contribution in [2.24, 2.45) is 5.73 Å². The van der Waals surface area contributed by atoms with E-state index < -0.39 is 0 Å². The molecule has 1 aliphatic rings. The number of nitrogens with two attached hydrogens (primary N) is 1. The summed E-state index contributed by atoms with van der Waals surface area (Å²) in [7, 11) is 0. The molecule has 1 aliphatic heterocycles. The van der Waals surface area contributed by atoms with Gasteiger partial charge in [0.05, 0.1) is 12.6 Å². The van der Waals surface area contributed by atoms with Crippen LogP contribution in [0.25, 0.3) is 0 Å². The molecule has 1 aromatic rings. The van der Waals surface area contributed by atoms with E-state index in [0.717, 1.165) is 36.4 Å². The Hall–Kier alpha value is -0.770. The smallest absolute Gasteiger partial charge is 0.236 e. The number of nitrogens with zero attached hydrogens (tertiary/aromatic N) is 1. The number of carbonyl (C=O) groups excluding carboxylic acids is 1. The molecule has 1 fully saturated rings. The molecule has 1 heterocycles. The lowest BCUT2D eigenvalue weighted by molar-refractivity contribution is -0.132. The maximum absolute atomic E-state index is 11.9. The molecule has 0 radical (unpaired) electrons. The van der Waals surface area contributed by atoms with Gasteiger partial charge in [-0.25, -0.2) is 0 Å². The van der Waals surface area contributed by atoms with E-state index in [-0.39, 0.29) is 30.9 Å². The first kappa shape index (κ1) is 16.3. The fourth-order valence-corrected chi connectivity index (χ4v) is 2.68. The summed E-state index contributed by atoms with van der Waals surface area (Å²) in [6.07, 6.45) is 4.41. The van der Waals surface area contributed by atoms with Crippen LogP contribution in [-0.4, -0.2) is 23.9 Å². The fourth-order valence-electron chi connectivity index (χ4n) is 2.56. The summed E-state index contributed by atoms with van der Waals surface area (Å²) in [6.45, 7) is 0.896. The molecular weight excluding hydrogens is 283 g/mol. The van der Waals surface area contributed by atoms with E-state index in [2.05, 4.69) is 0 Å². The Bertz CT molecular complexity index is 408. The van der Waals surface area contributed by atoms with Crippen molar-refractivity contribution in [3.8, 4) is 0 Å². The minimum atomic E-state index is 0. The number of amides is 1. The number of hydrogen-bond acceptors (Lipinski definition) is 2. The van der Waals surface area contributed by atoms with Gasteiger partial charge < -0.3 is 10.6 Å². The van der Waals surface area contributed by atoms with Crippen LogP contribution in [0.4, 0.5) is 0 Å². The van der Waals surface area contributed by atoms with E-state index in [4.69, 9.17) is 17.3 Å². The molecule has 0 aliphatic carbocycles. The Morgan fingerprint density at radius 1 is 1.26 bits per heavy atom. The lowest BCUT2D eigenvalue weighted by Gasteiger charge is -2.30. The average Bonchev–Trinajstić information content (AvgIpc) is 2.64. The largest absolute Gasteiger partial charge is 0.335 e. The number of rotatable bonds is 2. The highest BCUT2D eigenvalue weighted by Gasteiger charge is 2.25. The molecule has 1 aromatic carbocycles. The monoisotopic (exact) mass is 302 g/mol. The zero-order chi connectivity index (χ0) is 13.0. The standard InChI is InChI=1S/C14H19ClN2O.ClH/c15-12-7-5-11(6-8-12)13-4-2-1-3-9-17(13)14(18)10-16;/h5-8,13H,1-4,9-10,16H2;1H. The lowest BCUT2D eigenvalue weighted by atomic mass is 10.0. The molecule has 1 unspecified atom stereocenters. The lowest BCUT2D eigenvalue weighted by Crippen LogP contribution is -2.38. The molecule has 0 bridgehead atoms. The molecule has 2 N–H and O–H groups in total. The van der Waals surface area contributed by atoms with Crippen molar-refractivity contribution in [1.82, 2.24) is 4.90 Å². The second kappa shape index (κ2) is 7.73. The molecular formula is C14H20Cl2N2O. The van der Waals surface area contributed by atoms with Crippen molar-refractivity contribution in [2.45, 2.75) is 31.7 Å². The van der Waals surface area contributed by atoms with Crippen LogP contribution in [0.5, 0.6) is 0 Å². The predicted molar refractivity (Wildman–Crippen MR) is 80.7 cm³/mol. The molecule has 1 saturated heterocycles. The van der Waals surface area contributed by atoms with E-state index in [0.29, 0.717) is 0 Å². The van der Waals surface area contributed by atoms with Gasteiger partial charge in [0.15, 0.2) is 0 Å². The van der Waals surface area contributed by atoms with Gasteiger partial charge in [-0.15, -0.1) is 12.4 Å². The fraction of sp³-hybridized carbons (Fsp3) is 0.500. The first-order chi connectivity index (χ1) is 8.72. The Morgan fingerprint density at radius 3 is 2.58 bits per heavy atom. The minimum absolute atomic E-state index is 0. The van der Waals surface area contributed by atoms with Crippen LogP contribution >= 0.6 is 24.0 Å². The van der Waals surface area contributed by atoms with Gasteiger partial charge in [-0.2, -0.15) is 0 Å². The highest BCUT2D eigenvalue weighted by Crippen LogP contribution is 2.30. The molecule has 0 aromatic heterocycles. The van der Waals surface area contributed by atoms with Gasteiger partial charge in [-0.1, -0.05) is 36.6 Å². The summed E-state index contributed by atoms with van der Waals surface area (Å²) >= 11 is 5.91. The summed E-state index contributed by atoms with van der Waals surface area (Å²) in [6, 6.07) is 7.94. The van der Waals surface area contributed by atoms with Crippen molar-refractivity contribution in [1.29, 1.82) is 0 Å². The third-order valence-electron chi connectivity index (χ3n) is 3.50. The number of halogens is 2. The van der Waals surface area contributed by atoms with Crippen molar-refractivity contribution in [2.75, 3.05) is 13.1 Å². The molecule has 2 rings (SSSR count). The van der Waals surface area contributed by atoms with Gasteiger partial charge in [0.25, 0.3) is 0 Å². The van der Waals surface area contributed by atoms with Crippen LogP contribution < -0.4 is 5.73 Å². The normalized spacial score (nSPS) is 19.5. The summed E-state index contributed by atoms with van der Waals surface area (Å²) in [4.78, 5) is 13.9. The molecule has 1 atom stereocenters. The average molecular weight is 303 g/mol. The van der Waals surface area contributed by atoms with E-state index >= 15 is 0 Å². The van der Waals surface area contributed by atoms with Gasteiger partial charge in [0, 0.05) is 11.6 Å². The predicted octanol–water partition coefficient (Wildman–Crippen LogP) is 3.16. The van der Waals surface area contributed by atoms with Crippen molar-refractivity contribution < 1.29 is 4.79 Å². The van der Waals surface area contributed by atoms with Gasteiger partial charge >= 0.3 is 0 Å². The Kier molecular flexibility index (Phi) is 6.63. The van der Waals surface area contributed by atoms with Crippen LogP contribution in [-0.2, 0) is 4.79 Å². The SMILES string of the molecule is Cl.NCC(=O)N1CCCCCC1c1ccc(Cl)cc1. The molecule has 5 heteroatoms. The van der Waals surface area contributed by atoms with Crippen molar-refractivity contribution >= 4 is 29.9 Å². The van der Waals surface area contributed by atoms with Crippen molar-refractivity contribution in [3.05, 3.63) is 34.9 Å². The molecule has 1 amide bonds. The zero-order valence-electron chi connectivity index (χ0n) is 10.8. The van der Waals surface area contributed by atoms with Crippen molar-refractivity contribution in [3.63, 3.8) is 0 Å². The van der Waals surface area contributed by atoms with E-state index in [1.54, 1.807) is 0 Å². The first-order valence-corrected chi connectivity index (χ1v) is 6.85. The topological polar surface area (TPSA) is 46.3 Å². The van der Waals surface area contributed by atoms with E-state index in [9.17, 15) is 4.79 Å². The highest BCUT2D eigenvalue weighted by atomic mass is 35.5.